The lowest BCUT2D eigenvalue weighted by Crippen LogP contribution is -2.46. The number of ketones is 1. The minimum Gasteiger partial charge on any atom is -0.478 e. The lowest BCUT2D eigenvalue weighted by atomic mass is 10.0. The molecule has 0 radical (unpaired) electrons. The Bertz CT molecular complexity index is 1630. The molecule has 1 heterocycles. The van der Waals surface area contributed by atoms with Crippen LogP contribution in [-0.2, 0) is 33.8 Å². The number of carbonyl (C=O) groups excluding carboxylic acids is 2. The third-order valence-corrected chi connectivity index (χ3v) is 9.08. The molecule has 4 aromatic rings. The predicted octanol–water partition coefficient (Wildman–Crippen LogP) is 6.21. The van der Waals surface area contributed by atoms with Gasteiger partial charge in [-0.15, -0.1) is 11.8 Å². The number of amides is 2. The molecular formula is C37H38N2O7S. The Balaban J connectivity index is 1.21. The Labute approximate surface area is 278 Å². The van der Waals surface area contributed by atoms with E-state index in [2.05, 4.69) is 10.6 Å². The number of Topliss-reactive ketones (excluding diaryl/α,β-unsaturated/α-hetero) is 1. The molecule has 0 bridgehead atoms. The number of nitrogens with one attached hydrogen (secondary N) is 2. The number of urea groups is 1. The zero-order chi connectivity index (χ0) is 33.2. The van der Waals surface area contributed by atoms with Crippen molar-refractivity contribution in [3.05, 3.63) is 137 Å². The first-order chi connectivity index (χ1) is 22.8. The van der Waals surface area contributed by atoms with Crippen molar-refractivity contribution in [1.29, 1.82) is 0 Å². The predicted molar refractivity (Wildman–Crippen MR) is 179 cm³/mol. The highest BCUT2D eigenvalue weighted by Gasteiger charge is 2.32. The van der Waals surface area contributed by atoms with Gasteiger partial charge in [0.05, 0.1) is 30.4 Å². The highest BCUT2D eigenvalue weighted by Crippen LogP contribution is 2.39. The zero-order valence-electron chi connectivity index (χ0n) is 26.0. The summed E-state index contributed by atoms with van der Waals surface area (Å²) in [6, 6.07) is 30.6. The molecule has 5 rings (SSSR count). The average molecular weight is 655 g/mol. The second kappa shape index (κ2) is 16.4. The third-order valence-electron chi connectivity index (χ3n) is 7.94. The van der Waals surface area contributed by atoms with Crippen LogP contribution in [0.25, 0.3) is 0 Å². The molecule has 0 aliphatic carbocycles. The fourth-order valence-corrected chi connectivity index (χ4v) is 6.16. The van der Waals surface area contributed by atoms with Crippen LogP contribution in [0, 0.1) is 0 Å². The molecule has 0 saturated carbocycles. The maximum Gasteiger partial charge on any atom is 0.335 e. The Hall–Kier alpha value is -4.48. The summed E-state index contributed by atoms with van der Waals surface area (Å²) in [6.07, 6.45) is 0.0127. The fraction of sp³-hybridized carbons (Fsp3) is 0.270. The molecule has 4 aromatic carbocycles. The highest BCUT2D eigenvalue weighted by atomic mass is 32.2. The van der Waals surface area contributed by atoms with Gasteiger partial charge in [-0.25, -0.2) is 9.59 Å². The van der Waals surface area contributed by atoms with Crippen LogP contribution >= 0.6 is 11.8 Å². The van der Waals surface area contributed by atoms with Gasteiger partial charge in [-0.3, -0.25) is 4.79 Å². The van der Waals surface area contributed by atoms with E-state index in [0.29, 0.717) is 18.6 Å². The third kappa shape index (κ3) is 9.76. The van der Waals surface area contributed by atoms with Crippen molar-refractivity contribution in [2.75, 3.05) is 5.75 Å². The SMILES string of the molecule is CC(=O)C(Cc1ccccc1)NC(=O)NCc1ccc(C2OC(CSc3ccc(C(=O)O)cc3)CC(c3ccc(CO)cc3)O2)cc1. The van der Waals surface area contributed by atoms with Crippen LogP contribution in [0.3, 0.4) is 0 Å². The largest absolute Gasteiger partial charge is 0.478 e. The number of carboxylic acid groups (broad SMARTS) is 1. The van der Waals surface area contributed by atoms with E-state index in [0.717, 1.165) is 32.7 Å². The Morgan fingerprint density at radius 2 is 1.49 bits per heavy atom. The van der Waals surface area contributed by atoms with E-state index in [1.165, 1.54) is 6.92 Å². The van der Waals surface area contributed by atoms with Crippen LogP contribution in [0.4, 0.5) is 4.79 Å². The second-order valence-corrected chi connectivity index (χ2v) is 12.5. The summed E-state index contributed by atoms with van der Waals surface area (Å²) in [5.41, 5.74) is 4.71. The molecule has 244 valence electrons. The number of aliphatic hydroxyl groups excluding tert-OH is 1. The smallest absolute Gasteiger partial charge is 0.335 e. The first kappa shape index (κ1) is 33.9. The summed E-state index contributed by atoms with van der Waals surface area (Å²) >= 11 is 1.59. The molecule has 47 heavy (non-hydrogen) atoms. The number of aliphatic hydroxyl groups is 1. The standard InChI is InChI=1S/C37H38N2O7S/c1-24(41)33(19-25-5-3-2-4-6-25)39-37(44)38-21-26-7-13-30(14-8-26)36-45-31(23-47-32-17-15-29(16-18-32)35(42)43)20-34(46-36)28-11-9-27(22-40)10-12-28/h2-18,31,33-34,36,40H,19-23H2,1H3,(H,42,43)(H2,38,39,44). The molecule has 1 saturated heterocycles. The molecule has 1 fully saturated rings. The lowest BCUT2D eigenvalue weighted by molar-refractivity contribution is -0.245. The van der Waals surface area contributed by atoms with Crippen LogP contribution < -0.4 is 10.6 Å². The van der Waals surface area contributed by atoms with Crippen LogP contribution in [0.2, 0.25) is 0 Å². The van der Waals surface area contributed by atoms with E-state index < -0.39 is 24.3 Å². The van der Waals surface area contributed by atoms with Gasteiger partial charge in [-0.1, -0.05) is 78.9 Å². The zero-order valence-corrected chi connectivity index (χ0v) is 26.8. The van der Waals surface area contributed by atoms with Crippen LogP contribution in [0.5, 0.6) is 0 Å². The number of hydrogen-bond acceptors (Lipinski definition) is 7. The van der Waals surface area contributed by atoms with Crippen molar-refractivity contribution >= 4 is 29.5 Å². The average Bonchev–Trinajstić information content (AvgIpc) is 3.10. The molecule has 0 aromatic heterocycles. The Kier molecular flexibility index (Phi) is 11.8. The topological polar surface area (TPSA) is 134 Å². The molecule has 4 N–H and O–H groups in total. The number of rotatable bonds is 13. The summed E-state index contributed by atoms with van der Waals surface area (Å²) in [5.74, 6) is -0.436. The quantitative estimate of drug-likeness (QED) is 0.125. The molecule has 4 unspecified atom stereocenters. The molecular weight excluding hydrogens is 616 g/mol. The number of hydrogen-bond donors (Lipinski definition) is 4. The van der Waals surface area contributed by atoms with E-state index in [9.17, 15) is 24.6 Å². The van der Waals surface area contributed by atoms with Crippen LogP contribution in [-0.4, -0.2) is 45.9 Å². The number of carbonyl (C=O) groups is 3. The first-order valence-corrected chi connectivity index (χ1v) is 16.4. The number of ether oxygens (including phenoxy) is 2. The van der Waals surface area contributed by atoms with Gasteiger partial charge in [0.15, 0.2) is 12.1 Å². The van der Waals surface area contributed by atoms with Gasteiger partial charge >= 0.3 is 12.0 Å². The fourth-order valence-electron chi connectivity index (χ4n) is 5.24. The molecule has 10 heteroatoms. The van der Waals surface area contributed by atoms with Crippen molar-refractivity contribution in [2.24, 2.45) is 0 Å². The van der Waals surface area contributed by atoms with Crippen molar-refractivity contribution in [3.8, 4) is 0 Å². The summed E-state index contributed by atoms with van der Waals surface area (Å²) in [6.45, 7) is 1.71. The van der Waals surface area contributed by atoms with E-state index in [-0.39, 0.29) is 36.7 Å². The highest BCUT2D eigenvalue weighted by molar-refractivity contribution is 7.99. The van der Waals surface area contributed by atoms with Crippen LogP contribution in [0.1, 0.15) is 63.9 Å². The van der Waals surface area contributed by atoms with Crippen molar-refractivity contribution in [3.63, 3.8) is 0 Å². The molecule has 1 aliphatic rings. The monoisotopic (exact) mass is 654 g/mol. The number of carboxylic acids is 1. The minimum atomic E-state index is -0.960. The van der Waals surface area contributed by atoms with E-state index >= 15 is 0 Å². The van der Waals surface area contributed by atoms with Crippen molar-refractivity contribution in [1.82, 2.24) is 10.6 Å². The summed E-state index contributed by atoms with van der Waals surface area (Å²) in [4.78, 5) is 37.0. The summed E-state index contributed by atoms with van der Waals surface area (Å²) < 4.78 is 12.9. The van der Waals surface area contributed by atoms with E-state index in [4.69, 9.17) is 9.47 Å². The number of aromatic carboxylic acids is 1. The number of benzene rings is 4. The number of thioether (sulfide) groups is 1. The van der Waals surface area contributed by atoms with Crippen molar-refractivity contribution < 1.29 is 34.1 Å². The Morgan fingerprint density at radius 3 is 2.13 bits per heavy atom. The van der Waals surface area contributed by atoms with E-state index in [1.54, 1.807) is 36.0 Å². The van der Waals surface area contributed by atoms with Gasteiger partial charge in [0, 0.05) is 29.2 Å². The first-order valence-electron chi connectivity index (χ1n) is 15.4. The van der Waals surface area contributed by atoms with Gasteiger partial charge in [-0.05, 0) is 59.9 Å². The maximum absolute atomic E-state index is 12.6. The normalized spacial score (nSPS) is 18.2. The summed E-state index contributed by atoms with van der Waals surface area (Å²) in [7, 11) is 0. The minimum absolute atomic E-state index is 0.0364. The van der Waals surface area contributed by atoms with Gasteiger partial charge < -0.3 is 30.3 Å². The van der Waals surface area contributed by atoms with E-state index in [1.807, 2.05) is 78.9 Å². The molecule has 9 nitrogen and oxygen atoms in total. The van der Waals surface area contributed by atoms with Crippen molar-refractivity contribution in [2.45, 2.75) is 62.4 Å². The molecule has 4 atom stereocenters. The van der Waals surface area contributed by atoms with Crippen LogP contribution in [0.15, 0.2) is 108 Å². The summed E-state index contributed by atoms with van der Waals surface area (Å²) in [5, 5.41) is 24.3. The van der Waals surface area contributed by atoms with Gasteiger partial charge in [-0.2, -0.15) is 0 Å². The lowest BCUT2D eigenvalue weighted by Gasteiger charge is -2.36. The molecule has 2 amide bonds. The molecule has 0 spiro atoms. The Morgan fingerprint density at radius 1 is 0.830 bits per heavy atom. The van der Waals surface area contributed by atoms with Gasteiger partial charge in [0.25, 0.3) is 0 Å². The maximum atomic E-state index is 12.6. The van der Waals surface area contributed by atoms with Gasteiger partial charge in [0.2, 0.25) is 0 Å². The second-order valence-electron chi connectivity index (χ2n) is 11.4. The van der Waals surface area contributed by atoms with Gasteiger partial charge in [0.1, 0.15) is 0 Å². The molecule has 1 aliphatic heterocycles.